The van der Waals surface area contributed by atoms with E-state index in [0.29, 0.717) is 57.6 Å². The number of nitrogens with one attached hydrogen (secondary N) is 1. The van der Waals surface area contributed by atoms with Gasteiger partial charge in [0, 0.05) is 19.8 Å². The summed E-state index contributed by atoms with van der Waals surface area (Å²) in [6.07, 6.45) is 2.55. The van der Waals surface area contributed by atoms with Gasteiger partial charge < -0.3 is 19.5 Å². The van der Waals surface area contributed by atoms with Crippen molar-refractivity contribution in [2.75, 3.05) is 40.5 Å². The van der Waals surface area contributed by atoms with E-state index < -0.39 is 22.9 Å². The first-order valence-electron chi connectivity index (χ1n) is 11.6. The Bertz CT molecular complexity index is 1020. The van der Waals surface area contributed by atoms with Crippen LogP contribution in [0.3, 0.4) is 0 Å². The third kappa shape index (κ3) is 4.93. The van der Waals surface area contributed by atoms with Crippen LogP contribution in [0.4, 0.5) is 4.39 Å². The number of para-hydroxylation sites is 1. The molecule has 0 unspecified atom stereocenters. The van der Waals surface area contributed by atoms with Crippen LogP contribution in [0.5, 0.6) is 5.75 Å². The molecule has 0 spiro atoms. The van der Waals surface area contributed by atoms with Crippen LogP contribution < -0.4 is 10.1 Å². The zero-order valence-electron chi connectivity index (χ0n) is 19.6. The van der Waals surface area contributed by atoms with Gasteiger partial charge in [0.25, 0.3) is 0 Å². The number of ether oxygens (including phenoxy) is 3. The van der Waals surface area contributed by atoms with Crippen LogP contribution in [0.1, 0.15) is 41.6 Å². The fourth-order valence-electron chi connectivity index (χ4n) is 4.56. The number of halogens is 1. The fourth-order valence-corrected chi connectivity index (χ4v) is 4.56. The molecule has 2 aliphatic rings. The second-order valence-corrected chi connectivity index (χ2v) is 8.95. The van der Waals surface area contributed by atoms with Gasteiger partial charge in [-0.3, -0.25) is 9.69 Å². The minimum absolute atomic E-state index is 0.0898. The van der Waals surface area contributed by atoms with Crippen molar-refractivity contribution >= 4 is 11.9 Å². The van der Waals surface area contributed by atoms with Gasteiger partial charge in [-0.1, -0.05) is 24.3 Å². The number of amides is 1. The molecule has 1 saturated carbocycles. The van der Waals surface area contributed by atoms with E-state index in [0.717, 1.165) is 5.75 Å². The monoisotopic (exact) mass is 470 g/mol. The molecule has 0 aromatic heterocycles. The number of esters is 1. The van der Waals surface area contributed by atoms with Crippen LogP contribution in [0, 0.1) is 5.82 Å². The number of hydrogen-bond donors (Lipinski definition) is 1. The molecule has 1 saturated heterocycles. The molecule has 1 heterocycles. The molecule has 0 bridgehead atoms. The van der Waals surface area contributed by atoms with Crippen LogP contribution in [0.15, 0.2) is 48.5 Å². The highest BCUT2D eigenvalue weighted by molar-refractivity contribution is 5.90. The summed E-state index contributed by atoms with van der Waals surface area (Å²) in [5.74, 6) is -0.678. The molecule has 182 valence electrons. The number of rotatable bonds is 9. The van der Waals surface area contributed by atoms with E-state index >= 15 is 0 Å². The maximum atomic E-state index is 14.6. The molecule has 1 amide bonds. The number of nitrogens with zero attached hydrogens (tertiary/aromatic N) is 1. The third-order valence-corrected chi connectivity index (χ3v) is 6.94. The highest BCUT2D eigenvalue weighted by atomic mass is 19.1. The van der Waals surface area contributed by atoms with Crippen molar-refractivity contribution in [1.29, 1.82) is 0 Å². The normalized spacial score (nSPS) is 18.2. The Hall–Kier alpha value is -2.97. The summed E-state index contributed by atoms with van der Waals surface area (Å²) in [5, 5.41) is 3.21. The lowest BCUT2D eigenvalue weighted by molar-refractivity contribution is -0.140. The number of likely N-dealkylation sites (N-methyl/N-ethyl adjacent to an activating group) is 1. The average Bonchev–Trinajstić information content (AvgIpc) is 3.65. The molecule has 2 aromatic rings. The highest BCUT2D eigenvalue weighted by Crippen LogP contribution is 2.46. The molecule has 7 nitrogen and oxygen atoms in total. The van der Waals surface area contributed by atoms with Gasteiger partial charge in [-0.15, -0.1) is 0 Å². The molecule has 2 aromatic carbocycles. The number of methoxy groups -OCH3 is 1. The maximum Gasteiger partial charge on any atom is 0.340 e. The van der Waals surface area contributed by atoms with Crippen LogP contribution >= 0.6 is 0 Å². The summed E-state index contributed by atoms with van der Waals surface area (Å²) in [6, 6.07) is 14.0. The van der Waals surface area contributed by atoms with Gasteiger partial charge in [0.15, 0.2) is 0 Å². The number of benzene rings is 2. The van der Waals surface area contributed by atoms with E-state index in [2.05, 4.69) is 10.1 Å². The smallest absolute Gasteiger partial charge is 0.340 e. The Morgan fingerprint density at radius 3 is 2.41 bits per heavy atom. The summed E-state index contributed by atoms with van der Waals surface area (Å²) in [5.41, 5.74) is -0.826. The second kappa shape index (κ2) is 10.1. The first kappa shape index (κ1) is 24.2. The lowest BCUT2D eigenvalue weighted by Gasteiger charge is -2.43. The van der Waals surface area contributed by atoms with Crippen molar-refractivity contribution in [3.8, 4) is 5.75 Å². The molecule has 0 atom stereocenters. The van der Waals surface area contributed by atoms with Crippen molar-refractivity contribution in [2.45, 2.75) is 36.8 Å². The van der Waals surface area contributed by atoms with E-state index in [1.807, 2.05) is 42.3 Å². The quantitative estimate of drug-likeness (QED) is 0.567. The number of carbonyl (C=O) groups excluding carboxylic acids is 2. The lowest BCUT2D eigenvalue weighted by atomic mass is 9.86. The molecule has 1 N–H and O–H groups in total. The summed E-state index contributed by atoms with van der Waals surface area (Å²) in [6.45, 7) is 2.00. The largest absolute Gasteiger partial charge is 0.492 e. The number of carbonyl (C=O) groups is 2. The van der Waals surface area contributed by atoms with Gasteiger partial charge in [0.05, 0.1) is 18.2 Å². The molecule has 8 heteroatoms. The van der Waals surface area contributed by atoms with Gasteiger partial charge in [0.1, 0.15) is 23.7 Å². The predicted molar refractivity (Wildman–Crippen MR) is 124 cm³/mol. The fraction of sp³-hybridized carbons (Fsp3) is 0.462. The summed E-state index contributed by atoms with van der Waals surface area (Å²) in [7, 11) is 3.15. The van der Waals surface area contributed by atoms with E-state index in [9.17, 15) is 14.0 Å². The van der Waals surface area contributed by atoms with Crippen LogP contribution in [0.2, 0.25) is 0 Å². The Morgan fingerprint density at radius 2 is 1.79 bits per heavy atom. The minimum Gasteiger partial charge on any atom is -0.492 e. The van der Waals surface area contributed by atoms with Gasteiger partial charge in [0.2, 0.25) is 5.91 Å². The molecular weight excluding hydrogens is 439 g/mol. The zero-order valence-corrected chi connectivity index (χ0v) is 19.6. The summed E-state index contributed by atoms with van der Waals surface area (Å²) in [4.78, 5) is 27.5. The van der Waals surface area contributed by atoms with Crippen molar-refractivity contribution in [3.63, 3.8) is 0 Å². The standard InChI is InChI=1S/C26H31FN2O5/c1-29(14-17-34-20-6-4-3-5-7-20)26(12-15-33-16-13-26)24(31)28-25(10-11-25)19-8-9-21(22(27)18-19)23(30)32-2/h3-9,18H,10-17H2,1-2H3,(H,28,31). The average molecular weight is 471 g/mol. The van der Waals surface area contributed by atoms with Gasteiger partial charge in [-0.25, -0.2) is 9.18 Å². The lowest BCUT2D eigenvalue weighted by Crippen LogP contribution is -2.62. The Balaban J connectivity index is 1.47. The number of hydrogen-bond acceptors (Lipinski definition) is 6. The summed E-state index contributed by atoms with van der Waals surface area (Å²) < 4.78 is 30.6. The molecule has 4 rings (SSSR count). The first-order chi connectivity index (χ1) is 16.4. The predicted octanol–water partition coefficient (Wildman–Crippen LogP) is 3.28. The van der Waals surface area contributed by atoms with Gasteiger partial charge >= 0.3 is 5.97 Å². The highest BCUT2D eigenvalue weighted by Gasteiger charge is 2.51. The topological polar surface area (TPSA) is 77.1 Å². The Morgan fingerprint density at radius 1 is 1.09 bits per heavy atom. The van der Waals surface area contributed by atoms with Crippen molar-refractivity contribution in [1.82, 2.24) is 10.2 Å². The first-order valence-corrected chi connectivity index (χ1v) is 11.6. The van der Waals surface area contributed by atoms with Crippen LogP contribution in [-0.2, 0) is 19.8 Å². The maximum absolute atomic E-state index is 14.6. The molecular formula is C26H31FN2O5. The molecule has 2 fully saturated rings. The summed E-state index contributed by atoms with van der Waals surface area (Å²) >= 11 is 0. The van der Waals surface area contributed by atoms with Crippen molar-refractivity contribution in [2.24, 2.45) is 0 Å². The van der Waals surface area contributed by atoms with E-state index in [1.165, 1.54) is 19.2 Å². The minimum atomic E-state index is -0.738. The van der Waals surface area contributed by atoms with Crippen LogP contribution in [-0.4, -0.2) is 62.8 Å². The van der Waals surface area contributed by atoms with E-state index in [4.69, 9.17) is 9.47 Å². The van der Waals surface area contributed by atoms with Gasteiger partial charge in [-0.2, -0.15) is 0 Å². The van der Waals surface area contributed by atoms with Crippen molar-refractivity contribution in [3.05, 3.63) is 65.5 Å². The van der Waals surface area contributed by atoms with Crippen LogP contribution in [0.25, 0.3) is 0 Å². The molecule has 1 aliphatic carbocycles. The van der Waals surface area contributed by atoms with Crippen molar-refractivity contribution < 1.29 is 28.2 Å². The zero-order chi connectivity index (χ0) is 24.2. The van der Waals surface area contributed by atoms with Gasteiger partial charge in [-0.05, 0) is 62.6 Å². The van der Waals surface area contributed by atoms with E-state index in [1.54, 1.807) is 6.07 Å². The molecule has 34 heavy (non-hydrogen) atoms. The second-order valence-electron chi connectivity index (χ2n) is 8.95. The third-order valence-electron chi connectivity index (χ3n) is 6.94. The van der Waals surface area contributed by atoms with E-state index in [-0.39, 0.29) is 11.5 Å². The molecule has 0 radical (unpaired) electrons. The Labute approximate surface area is 199 Å². The SMILES string of the molecule is COC(=O)c1ccc(C2(NC(=O)C3(N(C)CCOc4ccccc4)CCOCC3)CC2)cc1F. The Kier molecular flexibility index (Phi) is 7.19. The molecule has 1 aliphatic heterocycles.